The summed E-state index contributed by atoms with van der Waals surface area (Å²) in [6.07, 6.45) is 8.16. The van der Waals surface area contributed by atoms with Crippen LogP contribution in [0.5, 0.6) is 0 Å². The highest BCUT2D eigenvalue weighted by molar-refractivity contribution is 5.76. The normalized spacial score (nSPS) is 14.7. The van der Waals surface area contributed by atoms with Gasteiger partial charge in [0.15, 0.2) is 0 Å². The SMILES string of the molecule is C#CCN(CC1CC1)C(=O)CCOCC. The van der Waals surface area contributed by atoms with E-state index in [2.05, 4.69) is 5.92 Å². The molecule has 0 spiro atoms. The lowest BCUT2D eigenvalue weighted by molar-refractivity contribution is -0.131. The standard InChI is InChI=1S/C12H19NO2/c1-3-8-13(10-11-5-6-11)12(14)7-9-15-4-2/h1,11H,4-10H2,2H3. The van der Waals surface area contributed by atoms with E-state index < -0.39 is 0 Å². The number of hydrogen-bond donors (Lipinski definition) is 0. The Morgan fingerprint density at radius 3 is 2.87 bits per heavy atom. The van der Waals surface area contributed by atoms with Gasteiger partial charge in [-0.05, 0) is 25.7 Å². The topological polar surface area (TPSA) is 29.5 Å². The van der Waals surface area contributed by atoms with Gasteiger partial charge in [0.05, 0.1) is 19.6 Å². The Labute approximate surface area is 91.8 Å². The van der Waals surface area contributed by atoms with Gasteiger partial charge in [-0.2, -0.15) is 0 Å². The lowest BCUT2D eigenvalue weighted by Gasteiger charge is -2.19. The molecular weight excluding hydrogens is 190 g/mol. The van der Waals surface area contributed by atoms with Crippen LogP contribution in [0.3, 0.4) is 0 Å². The van der Waals surface area contributed by atoms with E-state index in [1.54, 1.807) is 4.90 Å². The molecule has 0 aliphatic heterocycles. The van der Waals surface area contributed by atoms with Crippen LogP contribution in [0.15, 0.2) is 0 Å². The molecule has 0 aromatic heterocycles. The fourth-order valence-electron chi connectivity index (χ4n) is 1.44. The van der Waals surface area contributed by atoms with Gasteiger partial charge in [-0.3, -0.25) is 4.79 Å². The minimum absolute atomic E-state index is 0.119. The molecule has 0 unspecified atom stereocenters. The van der Waals surface area contributed by atoms with Crippen LogP contribution >= 0.6 is 0 Å². The van der Waals surface area contributed by atoms with Crippen molar-refractivity contribution in [3.63, 3.8) is 0 Å². The molecule has 0 bridgehead atoms. The van der Waals surface area contributed by atoms with Crippen molar-refractivity contribution in [2.24, 2.45) is 5.92 Å². The highest BCUT2D eigenvalue weighted by Gasteiger charge is 2.25. The fraction of sp³-hybridized carbons (Fsp3) is 0.750. The molecule has 1 fully saturated rings. The van der Waals surface area contributed by atoms with E-state index in [4.69, 9.17) is 11.2 Å². The summed E-state index contributed by atoms with van der Waals surface area (Å²) in [5.41, 5.74) is 0. The minimum atomic E-state index is 0.119. The van der Waals surface area contributed by atoms with Crippen LogP contribution in [0.2, 0.25) is 0 Å². The van der Waals surface area contributed by atoms with Gasteiger partial charge in [-0.15, -0.1) is 6.42 Å². The van der Waals surface area contributed by atoms with Crippen LogP contribution in [0, 0.1) is 18.3 Å². The molecular formula is C12H19NO2. The van der Waals surface area contributed by atoms with Crippen molar-refractivity contribution in [2.75, 3.05) is 26.3 Å². The van der Waals surface area contributed by atoms with Crippen molar-refractivity contribution in [3.8, 4) is 12.3 Å². The zero-order chi connectivity index (χ0) is 11.1. The first-order valence-corrected chi connectivity index (χ1v) is 5.57. The van der Waals surface area contributed by atoms with Gasteiger partial charge in [0, 0.05) is 13.2 Å². The van der Waals surface area contributed by atoms with E-state index in [0.29, 0.717) is 32.1 Å². The molecule has 0 aromatic carbocycles. The number of hydrogen-bond acceptors (Lipinski definition) is 2. The molecule has 3 nitrogen and oxygen atoms in total. The maximum absolute atomic E-state index is 11.7. The highest BCUT2D eigenvalue weighted by Crippen LogP contribution is 2.29. The van der Waals surface area contributed by atoms with Gasteiger partial charge in [0.25, 0.3) is 0 Å². The molecule has 0 atom stereocenters. The second-order valence-corrected chi connectivity index (χ2v) is 3.87. The number of rotatable bonds is 7. The summed E-state index contributed by atoms with van der Waals surface area (Å²) in [5, 5.41) is 0. The van der Waals surface area contributed by atoms with Gasteiger partial charge in [-0.25, -0.2) is 0 Å². The van der Waals surface area contributed by atoms with Gasteiger partial charge in [-0.1, -0.05) is 5.92 Å². The molecule has 1 amide bonds. The second-order valence-electron chi connectivity index (χ2n) is 3.87. The zero-order valence-electron chi connectivity index (χ0n) is 9.37. The third-order valence-electron chi connectivity index (χ3n) is 2.47. The van der Waals surface area contributed by atoms with Gasteiger partial charge < -0.3 is 9.64 Å². The lowest BCUT2D eigenvalue weighted by Crippen LogP contribution is -2.33. The van der Waals surface area contributed by atoms with E-state index in [-0.39, 0.29) is 5.91 Å². The van der Waals surface area contributed by atoms with Gasteiger partial charge >= 0.3 is 0 Å². The highest BCUT2D eigenvalue weighted by atomic mass is 16.5. The Morgan fingerprint density at radius 2 is 2.33 bits per heavy atom. The molecule has 0 radical (unpaired) electrons. The van der Waals surface area contributed by atoms with Crippen LogP contribution in [-0.4, -0.2) is 37.1 Å². The summed E-state index contributed by atoms with van der Waals surface area (Å²) in [6.45, 7) is 4.34. The van der Waals surface area contributed by atoms with Crippen LogP contribution in [0.1, 0.15) is 26.2 Å². The molecule has 3 heteroatoms. The summed E-state index contributed by atoms with van der Waals surface area (Å²) in [4.78, 5) is 13.5. The van der Waals surface area contributed by atoms with Crippen LogP contribution < -0.4 is 0 Å². The maximum atomic E-state index is 11.7. The molecule has 84 valence electrons. The fourth-order valence-corrected chi connectivity index (χ4v) is 1.44. The Hall–Kier alpha value is -1.01. The Bertz CT molecular complexity index is 240. The number of carbonyl (C=O) groups is 1. The second kappa shape index (κ2) is 6.47. The smallest absolute Gasteiger partial charge is 0.225 e. The lowest BCUT2D eigenvalue weighted by atomic mass is 10.3. The number of nitrogens with zero attached hydrogens (tertiary/aromatic N) is 1. The average Bonchev–Trinajstić information content (AvgIpc) is 3.01. The van der Waals surface area contributed by atoms with E-state index in [9.17, 15) is 4.79 Å². The summed E-state index contributed by atoms with van der Waals surface area (Å²) in [6, 6.07) is 0. The number of carbonyl (C=O) groups excluding carboxylic acids is 1. The molecule has 1 saturated carbocycles. The third kappa shape index (κ3) is 4.85. The summed E-state index contributed by atoms with van der Waals surface area (Å²) in [7, 11) is 0. The van der Waals surface area contributed by atoms with Gasteiger partial charge in [0.2, 0.25) is 5.91 Å². The van der Waals surface area contributed by atoms with Crippen LogP contribution in [0.25, 0.3) is 0 Å². The number of terminal acetylenes is 1. The summed E-state index contributed by atoms with van der Waals surface area (Å²) in [5.74, 6) is 3.34. The predicted octanol–water partition coefficient (Wildman–Crippen LogP) is 1.28. The maximum Gasteiger partial charge on any atom is 0.225 e. The van der Waals surface area contributed by atoms with Crippen molar-refractivity contribution in [3.05, 3.63) is 0 Å². The van der Waals surface area contributed by atoms with E-state index in [1.807, 2.05) is 6.92 Å². The molecule has 0 saturated heterocycles. The Kier molecular flexibility index (Phi) is 5.20. The van der Waals surface area contributed by atoms with Crippen LogP contribution in [-0.2, 0) is 9.53 Å². The van der Waals surface area contributed by atoms with Crippen molar-refractivity contribution in [2.45, 2.75) is 26.2 Å². The first-order chi connectivity index (χ1) is 7.27. The zero-order valence-corrected chi connectivity index (χ0v) is 9.37. The molecule has 1 aliphatic carbocycles. The summed E-state index contributed by atoms with van der Waals surface area (Å²) >= 11 is 0. The predicted molar refractivity (Wildman–Crippen MR) is 59.2 cm³/mol. The number of ether oxygens (including phenoxy) is 1. The average molecular weight is 209 g/mol. The van der Waals surface area contributed by atoms with Crippen molar-refractivity contribution < 1.29 is 9.53 Å². The molecule has 15 heavy (non-hydrogen) atoms. The quantitative estimate of drug-likeness (QED) is 0.467. The third-order valence-corrected chi connectivity index (χ3v) is 2.47. The molecule has 1 aliphatic rings. The molecule has 0 heterocycles. The molecule has 0 aromatic rings. The van der Waals surface area contributed by atoms with Gasteiger partial charge in [0.1, 0.15) is 0 Å². The van der Waals surface area contributed by atoms with Crippen molar-refractivity contribution in [1.82, 2.24) is 4.90 Å². The van der Waals surface area contributed by atoms with Crippen molar-refractivity contribution in [1.29, 1.82) is 0 Å². The summed E-state index contributed by atoms with van der Waals surface area (Å²) < 4.78 is 5.15. The first kappa shape index (κ1) is 12.1. The van der Waals surface area contributed by atoms with Crippen LogP contribution in [0.4, 0.5) is 0 Å². The minimum Gasteiger partial charge on any atom is -0.381 e. The largest absolute Gasteiger partial charge is 0.381 e. The molecule has 0 N–H and O–H groups in total. The van der Waals surface area contributed by atoms with E-state index in [1.165, 1.54) is 12.8 Å². The number of amides is 1. The Balaban J connectivity index is 2.26. The monoisotopic (exact) mass is 209 g/mol. The molecule has 1 rings (SSSR count). The van der Waals surface area contributed by atoms with E-state index >= 15 is 0 Å². The first-order valence-electron chi connectivity index (χ1n) is 5.57. The Morgan fingerprint density at radius 1 is 1.60 bits per heavy atom. The van der Waals surface area contributed by atoms with E-state index in [0.717, 1.165) is 6.54 Å². The van der Waals surface area contributed by atoms with Crippen molar-refractivity contribution >= 4 is 5.91 Å².